The highest BCUT2D eigenvalue weighted by atomic mass is 32.1. The van der Waals surface area contributed by atoms with Gasteiger partial charge in [0.15, 0.2) is 0 Å². The number of alkyl halides is 3. The number of hydrogen-bond donors (Lipinski definition) is 0. The second-order valence-corrected chi connectivity index (χ2v) is 5.25. The highest BCUT2D eigenvalue weighted by molar-refractivity contribution is 7.17. The molecule has 4 nitrogen and oxygen atoms in total. The standard InChI is InChI=1S/C14H7F3N4S/c15-14(16,17)13-20-10(4-5-18)12-11(21-13)8(7-22-12)9-3-1-2-6-19-9/h1-3,6-7H,4H2. The molecule has 0 aliphatic rings. The fourth-order valence-corrected chi connectivity index (χ4v) is 2.99. The minimum Gasteiger partial charge on any atom is -0.256 e. The van der Waals surface area contributed by atoms with E-state index in [-0.39, 0.29) is 17.6 Å². The highest BCUT2D eigenvalue weighted by Crippen LogP contribution is 2.36. The summed E-state index contributed by atoms with van der Waals surface area (Å²) in [5.41, 5.74) is 1.31. The monoisotopic (exact) mass is 320 g/mol. The van der Waals surface area contributed by atoms with Crippen LogP contribution in [-0.4, -0.2) is 15.0 Å². The van der Waals surface area contributed by atoms with Crippen LogP contribution in [0.15, 0.2) is 29.8 Å². The Labute approximate surface area is 126 Å². The van der Waals surface area contributed by atoms with Gasteiger partial charge in [-0.25, -0.2) is 9.97 Å². The molecule has 3 rings (SSSR count). The molecule has 0 saturated carbocycles. The maximum atomic E-state index is 13.0. The Kier molecular flexibility index (Phi) is 3.50. The van der Waals surface area contributed by atoms with E-state index in [1.165, 1.54) is 11.3 Å². The summed E-state index contributed by atoms with van der Waals surface area (Å²) < 4.78 is 39.4. The summed E-state index contributed by atoms with van der Waals surface area (Å²) in [4.78, 5) is 11.3. The maximum Gasteiger partial charge on any atom is 0.451 e. The predicted molar refractivity (Wildman–Crippen MR) is 75.0 cm³/mol. The van der Waals surface area contributed by atoms with E-state index in [0.717, 1.165) is 0 Å². The van der Waals surface area contributed by atoms with Crippen LogP contribution in [0.3, 0.4) is 0 Å². The van der Waals surface area contributed by atoms with Crippen molar-refractivity contribution in [2.75, 3.05) is 0 Å². The molecule has 0 aromatic carbocycles. The second kappa shape index (κ2) is 5.35. The first-order valence-corrected chi connectivity index (χ1v) is 7.02. The molecule has 0 bridgehead atoms. The number of thiophene rings is 1. The summed E-state index contributed by atoms with van der Waals surface area (Å²) in [6.45, 7) is 0. The Morgan fingerprint density at radius 1 is 1.23 bits per heavy atom. The summed E-state index contributed by atoms with van der Waals surface area (Å²) in [5, 5.41) is 10.5. The van der Waals surface area contributed by atoms with Crippen LogP contribution >= 0.6 is 11.3 Å². The molecule has 8 heteroatoms. The number of fused-ring (bicyclic) bond motifs is 1. The van der Waals surface area contributed by atoms with Gasteiger partial charge in [0.25, 0.3) is 0 Å². The molecular formula is C14H7F3N4S. The summed E-state index contributed by atoms with van der Waals surface area (Å²) in [5.74, 6) is -1.24. The van der Waals surface area contributed by atoms with Gasteiger partial charge >= 0.3 is 6.18 Å². The first-order chi connectivity index (χ1) is 10.5. The van der Waals surface area contributed by atoms with E-state index in [9.17, 15) is 13.2 Å². The Bertz CT molecular complexity index is 865. The van der Waals surface area contributed by atoms with Gasteiger partial charge in [-0.15, -0.1) is 11.3 Å². The normalized spacial score (nSPS) is 11.5. The lowest BCUT2D eigenvalue weighted by molar-refractivity contribution is -0.144. The van der Waals surface area contributed by atoms with Gasteiger partial charge in [0, 0.05) is 17.1 Å². The van der Waals surface area contributed by atoms with E-state index in [1.54, 1.807) is 29.8 Å². The average molecular weight is 320 g/mol. The lowest BCUT2D eigenvalue weighted by atomic mass is 10.1. The lowest BCUT2D eigenvalue weighted by Crippen LogP contribution is -2.12. The number of nitrogens with zero attached hydrogens (tertiary/aromatic N) is 4. The van der Waals surface area contributed by atoms with Crippen molar-refractivity contribution in [2.24, 2.45) is 0 Å². The van der Waals surface area contributed by atoms with Crippen LogP contribution in [0.5, 0.6) is 0 Å². The molecule has 0 N–H and O–H groups in total. The third-order valence-electron chi connectivity index (χ3n) is 2.93. The van der Waals surface area contributed by atoms with Gasteiger partial charge in [0.05, 0.1) is 34.1 Å². The molecule has 0 fully saturated rings. The molecule has 0 saturated heterocycles. The van der Waals surface area contributed by atoms with Crippen molar-refractivity contribution < 1.29 is 13.2 Å². The SMILES string of the molecule is N#CCc1nc(C(F)(F)F)nc2c(-c3ccccn3)csc12. The van der Waals surface area contributed by atoms with Gasteiger partial charge < -0.3 is 0 Å². The van der Waals surface area contributed by atoms with Crippen LogP contribution in [0, 0.1) is 11.3 Å². The Morgan fingerprint density at radius 3 is 2.68 bits per heavy atom. The molecule has 0 spiro atoms. The quantitative estimate of drug-likeness (QED) is 0.720. The largest absolute Gasteiger partial charge is 0.451 e. The van der Waals surface area contributed by atoms with Crippen molar-refractivity contribution in [3.8, 4) is 17.3 Å². The highest BCUT2D eigenvalue weighted by Gasteiger charge is 2.36. The van der Waals surface area contributed by atoms with E-state index in [2.05, 4.69) is 15.0 Å². The van der Waals surface area contributed by atoms with E-state index in [4.69, 9.17) is 5.26 Å². The molecule has 0 unspecified atom stereocenters. The van der Waals surface area contributed by atoms with E-state index < -0.39 is 12.0 Å². The predicted octanol–water partition coefficient (Wildman–Crippen LogP) is 3.84. The maximum absolute atomic E-state index is 13.0. The Balaban J connectivity index is 2.30. The fourth-order valence-electron chi connectivity index (χ4n) is 2.00. The van der Waals surface area contributed by atoms with Crippen LogP contribution in [-0.2, 0) is 12.6 Å². The molecule has 3 aromatic rings. The zero-order valence-electron chi connectivity index (χ0n) is 10.9. The fraction of sp³-hybridized carbons (Fsp3) is 0.143. The average Bonchev–Trinajstić information content (AvgIpc) is 2.91. The Morgan fingerprint density at radius 2 is 2.05 bits per heavy atom. The molecule has 0 radical (unpaired) electrons. The zero-order valence-corrected chi connectivity index (χ0v) is 11.7. The molecule has 0 atom stereocenters. The van der Waals surface area contributed by atoms with E-state index >= 15 is 0 Å². The van der Waals surface area contributed by atoms with Crippen molar-refractivity contribution in [3.63, 3.8) is 0 Å². The van der Waals surface area contributed by atoms with Gasteiger partial charge in [0.2, 0.25) is 5.82 Å². The number of aromatic nitrogens is 3. The first kappa shape index (κ1) is 14.4. The zero-order chi connectivity index (χ0) is 15.7. The van der Waals surface area contributed by atoms with Gasteiger partial charge in [-0.3, -0.25) is 4.98 Å². The third kappa shape index (κ3) is 2.51. The number of nitriles is 1. The van der Waals surface area contributed by atoms with Crippen LogP contribution in [0.25, 0.3) is 21.5 Å². The number of hydrogen-bond acceptors (Lipinski definition) is 5. The summed E-state index contributed by atoms with van der Waals surface area (Å²) in [7, 11) is 0. The van der Waals surface area contributed by atoms with Crippen molar-refractivity contribution in [2.45, 2.75) is 12.6 Å². The molecule has 3 aromatic heterocycles. The van der Waals surface area contributed by atoms with Crippen molar-refractivity contribution in [1.29, 1.82) is 5.26 Å². The topological polar surface area (TPSA) is 62.5 Å². The Hall–Kier alpha value is -2.53. The van der Waals surface area contributed by atoms with Crippen LogP contribution in [0.2, 0.25) is 0 Å². The minimum absolute atomic E-state index is 0.0898. The minimum atomic E-state index is -4.66. The van der Waals surface area contributed by atoms with Crippen LogP contribution in [0.4, 0.5) is 13.2 Å². The number of pyridine rings is 1. The van der Waals surface area contributed by atoms with E-state index in [1.807, 2.05) is 6.07 Å². The van der Waals surface area contributed by atoms with E-state index in [0.29, 0.717) is 16.0 Å². The lowest BCUT2D eigenvalue weighted by Gasteiger charge is -2.07. The summed E-state index contributed by atoms with van der Waals surface area (Å²) in [6.07, 6.45) is -3.31. The van der Waals surface area contributed by atoms with Crippen LogP contribution < -0.4 is 0 Å². The molecule has 110 valence electrons. The molecule has 0 aliphatic carbocycles. The molecule has 0 aliphatic heterocycles. The van der Waals surface area contributed by atoms with Crippen LogP contribution in [0.1, 0.15) is 11.5 Å². The third-order valence-corrected chi connectivity index (χ3v) is 3.94. The molecule has 3 heterocycles. The number of halogens is 3. The van der Waals surface area contributed by atoms with Gasteiger partial charge in [-0.1, -0.05) is 6.07 Å². The second-order valence-electron chi connectivity index (χ2n) is 4.37. The van der Waals surface area contributed by atoms with Gasteiger partial charge in [-0.05, 0) is 12.1 Å². The smallest absolute Gasteiger partial charge is 0.256 e. The number of rotatable bonds is 2. The van der Waals surface area contributed by atoms with Gasteiger partial charge in [-0.2, -0.15) is 18.4 Å². The van der Waals surface area contributed by atoms with Crippen molar-refractivity contribution in [1.82, 2.24) is 15.0 Å². The van der Waals surface area contributed by atoms with Gasteiger partial charge in [0.1, 0.15) is 0 Å². The first-order valence-electron chi connectivity index (χ1n) is 6.14. The van der Waals surface area contributed by atoms with Crippen molar-refractivity contribution >= 4 is 21.6 Å². The summed E-state index contributed by atoms with van der Waals surface area (Å²) in [6, 6.07) is 6.99. The molecule has 22 heavy (non-hydrogen) atoms. The summed E-state index contributed by atoms with van der Waals surface area (Å²) >= 11 is 1.21. The molecular weight excluding hydrogens is 313 g/mol. The molecule has 0 amide bonds. The van der Waals surface area contributed by atoms with Crippen molar-refractivity contribution in [3.05, 3.63) is 41.3 Å².